The van der Waals surface area contributed by atoms with Gasteiger partial charge in [-0.25, -0.2) is 0 Å². The molecular formula is C14H19BrN2O2. The van der Waals surface area contributed by atoms with Crippen molar-refractivity contribution >= 4 is 27.6 Å². The summed E-state index contributed by atoms with van der Waals surface area (Å²) in [5, 5.41) is 3.36. The molecule has 19 heavy (non-hydrogen) atoms. The van der Waals surface area contributed by atoms with Crippen molar-refractivity contribution in [3.63, 3.8) is 0 Å². The first-order valence-electron chi connectivity index (χ1n) is 6.41. The zero-order valence-electron chi connectivity index (χ0n) is 11.3. The summed E-state index contributed by atoms with van der Waals surface area (Å²) < 4.78 is 5.82. The molecule has 1 N–H and O–H groups in total. The number of anilines is 1. The van der Waals surface area contributed by atoms with Crippen LogP contribution in [0.3, 0.4) is 0 Å². The highest BCUT2D eigenvalue weighted by atomic mass is 79.9. The number of carbonyl (C=O) groups excluding carboxylic acids is 1. The molecule has 0 amide bonds. The molecule has 2 rings (SSSR count). The zero-order chi connectivity index (χ0) is 13.8. The molecule has 104 valence electrons. The van der Waals surface area contributed by atoms with E-state index < -0.39 is 0 Å². The van der Waals surface area contributed by atoms with Crippen molar-refractivity contribution in [1.29, 1.82) is 0 Å². The SMILES string of the molecule is COC(=O)CC1CN(c2ccc(Br)cc2C)CCN1. The molecule has 1 fully saturated rings. The number of hydrogen-bond donors (Lipinski definition) is 1. The second-order valence-corrected chi connectivity index (χ2v) is 5.72. The Labute approximate surface area is 122 Å². The maximum atomic E-state index is 11.3. The minimum Gasteiger partial charge on any atom is -0.469 e. The Morgan fingerprint density at radius 3 is 3.05 bits per heavy atom. The van der Waals surface area contributed by atoms with Crippen LogP contribution in [0.5, 0.6) is 0 Å². The summed E-state index contributed by atoms with van der Waals surface area (Å²) in [6.45, 7) is 4.78. The number of benzene rings is 1. The summed E-state index contributed by atoms with van der Waals surface area (Å²) in [5.74, 6) is -0.160. The number of aryl methyl sites for hydroxylation is 1. The van der Waals surface area contributed by atoms with Gasteiger partial charge in [0.2, 0.25) is 0 Å². The van der Waals surface area contributed by atoms with E-state index in [1.54, 1.807) is 0 Å². The maximum Gasteiger partial charge on any atom is 0.307 e. The fourth-order valence-electron chi connectivity index (χ4n) is 2.44. The molecule has 0 spiro atoms. The highest BCUT2D eigenvalue weighted by Crippen LogP contribution is 2.25. The molecule has 0 radical (unpaired) electrons. The minimum absolute atomic E-state index is 0.157. The zero-order valence-corrected chi connectivity index (χ0v) is 12.9. The summed E-state index contributed by atoms with van der Waals surface area (Å²) in [4.78, 5) is 13.7. The van der Waals surface area contributed by atoms with Crippen LogP contribution in [0.4, 0.5) is 5.69 Å². The minimum atomic E-state index is -0.160. The van der Waals surface area contributed by atoms with E-state index in [9.17, 15) is 4.79 Å². The fourth-order valence-corrected chi connectivity index (χ4v) is 2.91. The number of nitrogens with one attached hydrogen (secondary N) is 1. The van der Waals surface area contributed by atoms with E-state index in [2.05, 4.69) is 51.3 Å². The molecule has 5 heteroatoms. The van der Waals surface area contributed by atoms with E-state index >= 15 is 0 Å². The Hall–Kier alpha value is -1.07. The van der Waals surface area contributed by atoms with Gasteiger partial charge in [-0.1, -0.05) is 15.9 Å². The molecule has 1 aliphatic rings. The number of piperazine rings is 1. The largest absolute Gasteiger partial charge is 0.469 e. The number of nitrogens with zero attached hydrogens (tertiary/aromatic N) is 1. The highest BCUT2D eigenvalue weighted by molar-refractivity contribution is 9.10. The van der Waals surface area contributed by atoms with Crippen LogP contribution in [0.1, 0.15) is 12.0 Å². The van der Waals surface area contributed by atoms with Gasteiger partial charge in [-0.3, -0.25) is 4.79 Å². The number of ether oxygens (including phenoxy) is 1. The molecule has 4 nitrogen and oxygen atoms in total. The predicted octanol–water partition coefficient (Wildman–Crippen LogP) is 2.10. The third-order valence-corrected chi connectivity index (χ3v) is 3.89. The summed E-state index contributed by atoms with van der Waals surface area (Å²) in [5.41, 5.74) is 2.48. The molecule has 0 saturated carbocycles. The number of rotatable bonds is 3. The van der Waals surface area contributed by atoms with Gasteiger partial charge in [0.15, 0.2) is 0 Å². The Morgan fingerprint density at radius 1 is 1.58 bits per heavy atom. The molecule has 1 aromatic carbocycles. The van der Waals surface area contributed by atoms with Gasteiger partial charge in [0.1, 0.15) is 0 Å². The van der Waals surface area contributed by atoms with E-state index in [4.69, 9.17) is 4.74 Å². The van der Waals surface area contributed by atoms with Crippen molar-refractivity contribution < 1.29 is 9.53 Å². The quantitative estimate of drug-likeness (QED) is 0.864. The van der Waals surface area contributed by atoms with Crippen molar-refractivity contribution in [2.45, 2.75) is 19.4 Å². The van der Waals surface area contributed by atoms with Gasteiger partial charge < -0.3 is 15.0 Å². The normalized spacial score (nSPS) is 19.3. The third kappa shape index (κ3) is 3.70. The van der Waals surface area contributed by atoms with Gasteiger partial charge in [0.25, 0.3) is 0 Å². The van der Waals surface area contributed by atoms with Gasteiger partial charge in [0, 0.05) is 35.8 Å². The van der Waals surface area contributed by atoms with Crippen LogP contribution in [-0.2, 0) is 9.53 Å². The van der Waals surface area contributed by atoms with E-state index in [0.717, 1.165) is 24.1 Å². The predicted molar refractivity (Wildman–Crippen MR) is 79.5 cm³/mol. The van der Waals surface area contributed by atoms with Crippen LogP contribution in [0, 0.1) is 6.92 Å². The molecule has 0 aliphatic carbocycles. The highest BCUT2D eigenvalue weighted by Gasteiger charge is 2.22. The van der Waals surface area contributed by atoms with E-state index in [1.807, 2.05) is 0 Å². The van der Waals surface area contributed by atoms with Gasteiger partial charge in [-0.05, 0) is 30.7 Å². The second kappa shape index (κ2) is 6.39. The molecule has 1 saturated heterocycles. The molecule has 1 unspecified atom stereocenters. The van der Waals surface area contributed by atoms with Crippen molar-refractivity contribution in [3.8, 4) is 0 Å². The first-order chi connectivity index (χ1) is 9.10. The molecular weight excluding hydrogens is 308 g/mol. The lowest BCUT2D eigenvalue weighted by Gasteiger charge is -2.35. The number of hydrogen-bond acceptors (Lipinski definition) is 4. The summed E-state index contributed by atoms with van der Waals surface area (Å²) in [6, 6.07) is 6.45. The summed E-state index contributed by atoms with van der Waals surface area (Å²) in [6.07, 6.45) is 0.419. The van der Waals surface area contributed by atoms with Gasteiger partial charge in [0.05, 0.1) is 13.5 Å². The van der Waals surface area contributed by atoms with Crippen molar-refractivity contribution in [3.05, 3.63) is 28.2 Å². The van der Waals surface area contributed by atoms with Crippen LogP contribution in [0.2, 0.25) is 0 Å². The average Bonchev–Trinajstić information content (AvgIpc) is 2.39. The average molecular weight is 327 g/mol. The Kier molecular flexibility index (Phi) is 4.82. The first kappa shape index (κ1) is 14.3. The van der Waals surface area contributed by atoms with Crippen molar-refractivity contribution in [2.24, 2.45) is 0 Å². The number of methoxy groups -OCH3 is 1. The lowest BCUT2D eigenvalue weighted by Crippen LogP contribution is -2.51. The van der Waals surface area contributed by atoms with Crippen molar-refractivity contribution in [2.75, 3.05) is 31.6 Å². The molecule has 1 aliphatic heterocycles. The number of esters is 1. The van der Waals surface area contributed by atoms with E-state index in [-0.39, 0.29) is 12.0 Å². The van der Waals surface area contributed by atoms with Crippen LogP contribution in [0.25, 0.3) is 0 Å². The fraction of sp³-hybridized carbons (Fsp3) is 0.500. The standard InChI is InChI=1S/C14H19BrN2O2/c1-10-7-11(15)3-4-13(10)17-6-5-16-12(9-17)8-14(18)19-2/h3-4,7,12,16H,5-6,8-9H2,1-2H3. The Morgan fingerprint density at radius 2 is 2.37 bits per heavy atom. The smallest absolute Gasteiger partial charge is 0.307 e. The molecule has 1 aromatic rings. The lowest BCUT2D eigenvalue weighted by atomic mass is 10.1. The number of halogens is 1. The van der Waals surface area contributed by atoms with E-state index in [0.29, 0.717) is 6.42 Å². The topological polar surface area (TPSA) is 41.6 Å². The second-order valence-electron chi connectivity index (χ2n) is 4.81. The molecule has 0 bridgehead atoms. The van der Waals surface area contributed by atoms with Crippen LogP contribution < -0.4 is 10.2 Å². The van der Waals surface area contributed by atoms with Crippen LogP contribution in [0.15, 0.2) is 22.7 Å². The van der Waals surface area contributed by atoms with Gasteiger partial charge >= 0.3 is 5.97 Å². The Bertz CT molecular complexity index is 465. The number of carbonyl (C=O) groups is 1. The molecule has 0 aromatic heterocycles. The first-order valence-corrected chi connectivity index (χ1v) is 7.20. The molecule has 1 heterocycles. The summed E-state index contributed by atoms with van der Waals surface area (Å²) in [7, 11) is 1.43. The van der Waals surface area contributed by atoms with Crippen LogP contribution >= 0.6 is 15.9 Å². The van der Waals surface area contributed by atoms with Gasteiger partial charge in [-0.15, -0.1) is 0 Å². The summed E-state index contributed by atoms with van der Waals surface area (Å²) >= 11 is 3.48. The van der Waals surface area contributed by atoms with E-state index in [1.165, 1.54) is 18.4 Å². The monoisotopic (exact) mass is 326 g/mol. The molecule has 1 atom stereocenters. The third-order valence-electron chi connectivity index (χ3n) is 3.40. The van der Waals surface area contributed by atoms with Gasteiger partial charge in [-0.2, -0.15) is 0 Å². The van der Waals surface area contributed by atoms with Crippen molar-refractivity contribution in [1.82, 2.24) is 5.32 Å². The maximum absolute atomic E-state index is 11.3. The Balaban J connectivity index is 2.06. The lowest BCUT2D eigenvalue weighted by molar-refractivity contribution is -0.141. The van der Waals surface area contributed by atoms with Crippen LogP contribution in [-0.4, -0.2) is 38.8 Å².